The molecule has 1 aliphatic heterocycles. The van der Waals surface area contributed by atoms with Crippen LogP contribution in [0.2, 0.25) is 0 Å². The van der Waals surface area contributed by atoms with Crippen LogP contribution in [0.4, 0.5) is 0 Å². The smallest absolute Gasteiger partial charge is 0.341 e. The SMILES string of the molecule is CO[C@H]1CC[C@@]2(OC)CCN(Cc3ccc(OCC(=O)O)cc3)[C@H]2C1. The molecule has 1 saturated heterocycles. The summed E-state index contributed by atoms with van der Waals surface area (Å²) < 4.78 is 16.8. The number of benzene rings is 1. The van der Waals surface area contributed by atoms with E-state index in [0.717, 1.165) is 38.8 Å². The number of likely N-dealkylation sites (tertiary alicyclic amines) is 1. The Morgan fingerprint density at radius 3 is 2.68 bits per heavy atom. The third-order valence-corrected chi connectivity index (χ3v) is 5.66. The summed E-state index contributed by atoms with van der Waals surface area (Å²) in [5.41, 5.74) is 1.15. The van der Waals surface area contributed by atoms with Gasteiger partial charge in [0.15, 0.2) is 6.61 Å². The fraction of sp³-hybridized carbons (Fsp3) is 0.632. The van der Waals surface area contributed by atoms with Crippen LogP contribution in [-0.4, -0.2) is 61.1 Å². The van der Waals surface area contributed by atoms with Gasteiger partial charge in [0.05, 0.1) is 11.7 Å². The van der Waals surface area contributed by atoms with E-state index in [-0.39, 0.29) is 12.2 Å². The molecule has 0 amide bonds. The van der Waals surface area contributed by atoms with Crippen LogP contribution in [0.15, 0.2) is 24.3 Å². The highest BCUT2D eigenvalue weighted by atomic mass is 16.5. The third-order valence-electron chi connectivity index (χ3n) is 5.66. The molecule has 0 unspecified atom stereocenters. The van der Waals surface area contributed by atoms with Crippen LogP contribution in [0.5, 0.6) is 5.75 Å². The number of nitrogens with zero attached hydrogens (tertiary/aromatic N) is 1. The molecule has 2 aliphatic rings. The molecule has 25 heavy (non-hydrogen) atoms. The zero-order chi connectivity index (χ0) is 17.9. The van der Waals surface area contributed by atoms with Crippen LogP contribution in [0.3, 0.4) is 0 Å². The maximum Gasteiger partial charge on any atom is 0.341 e. The quantitative estimate of drug-likeness (QED) is 0.815. The minimum absolute atomic E-state index is 0.0421. The van der Waals surface area contributed by atoms with Crippen molar-refractivity contribution in [3.63, 3.8) is 0 Å². The molecule has 1 saturated carbocycles. The van der Waals surface area contributed by atoms with Gasteiger partial charge in [-0.1, -0.05) is 12.1 Å². The molecule has 1 N–H and O–H groups in total. The average Bonchev–Trinajstić information content (AvgIpc) is 2.99. The molecule has 6 heteroatoms. The van der Waals surface area contributed by atoms with E-state index in [1.165, 1.54) is 5.56 Å². The largest absolute Gasteiger partial charge is 0.482 e. The van der Waals surface area contributed by atoms with Crippen LogP contribution < -0.4 is 4.74 Å². The molecule has 0 aromatic heterocycles. The second-order valence-corrected chi connectivity index (χ2v) is 6.96. The highest BCUT2D eigenvalue weighted by Gasteiger charge is 2.50. The Balaban J connectivity index is 1.65. The van der Waals surface area contributed by atoms with Crippen molar-refractivity contribution in [3.05, 3.63) is 29.8 Å². The van der Waals surface area contributed by atoms with E-state index in [4.69, 9.17) is 19.3 Å². The number of fused-ring (bicyclic) bond motifs is 1. The first-order valence-corrected chi connectivity index (χ1v) is 8.82. The number of carbonyl (C=O) groups is 1. The molecule has 1 aliphatic carbocycles. The molecule has 1 aromatic carbocycles. The van der Waals surface area contributed by atoms with Crippen LogP contribution >= 0.6 is 0 Å². The average molecular weight is 349 g/mol. The first kappa shape index (κ1) is 18.2. The van der Waals surface area contributed by atoms with Crippen molar-refractivity contribution in [2.45, 2.75) is 50.0 Å². The summed E-state index contributed by atoms with van der Waals surface area (Å²) in [5.74, 6) is -0.391. The number of methoxy groups -OCH3 is 2. The van der Waals surface area contributed by atoms with Gasteiger partial charge in [0.1, 0.15) is 5.75 Å². The monoisotopic (exact) mass is 349 g/mol. The van der Waals surface area contributed by atoms with Crippen LogP contribution in [0.1, 0.15) is 31.2 Å². The molecule has 138 valence electrons. The van der Waals surface area contributed by atoms with Gasteiger partial charge in [-0.3, -0.25) is 4.90 Å². The third kappa shape index (κ3) is 3.97. The first-order valence-electron chi connectivity index (χ1n) is 8.82. The van der Waals surface area contributed by atoms with E-state index < -0.39 is 5.97 Å². The van der Waals surface area contributed by atoms with E-state index in [1.54, 1.807) is 7.11 Å². The summed E-state index contributed by atoms with van der Waals surface area (Å²) in [4.78, 5) is 13.0. The fourth-order valence-corrected chi connectivity index (χ4v) is 4.23. The fourth-order valence-electron chi connectivity index (χ4n) is 4.23. The number of carboxylic acids is 1. The van der Waals surface area contributed by atoms with E-state index in [0.29, 0.717) is 17.9 Å². The van der Waals surface area contributed by atoms with Crippen molar-refractivity contribution in [2.75, 3.05) is 27.4 Å². The minimum atomic E-state index is -0.970. The van der Waals surface area contributed by atoms with Crippen molar-refractivity contribution in [2.24, 2.45) is 0 Å². The second kappa shape index (κ2) is 7.72. The summed E-state index contributed by atoms with van der Waals surface area (Å²) in [6, 6.07) is 8.04. The van der Waals surface area contributed by atoms with E-state index in [2.05, 4.69) is 4.90 Å². The van der Waals surface area contributed by atoms with E-state index in [1.807, 2.05) is 31.4 Å². The molecule has 0 bridgehead atoms. The molecule has 0 spiro atoms. The van der Waals surface area contributed by atoms with Gasteiger partial charge in [-0.15, -0.1) is 0 Å². The van der Waals surface area contributed by atoms with Crippen molar-refractivity contribution >= 4 is 5.97 Å². The van der Waals surface area contributed by atoms with Crippen molar-refractivity contribution < 1.29 is 24.1 Å². The topological polar surface area (TPSA) is 68.2 Å². The van der Waals surface area contributed by atoms with Gasteiger partial charge < -0.3 is 19.3 Å². The summed E-state index contributed by atoms with van der Waals surface area (Å²) >= 11 is 0. The Kier molecular flexibility index (Phi) is 5.61. The molecular weight excluding hydrogens is 322 g/mol. The van der Waals surface area contributed by atoms with Crippen molar-refractivity contribution in [1.29, 1.82) is 0 Å². The number of rotatable bonds is 7. The standard InChI is InChI=1S/C19H27NO5/c1-23-16-7-8-19(24-2)9-10-20(17(19)11-16)12-14-3-5-15(6-4-14)25-13-18(21)22/h3-6,16-17H,7-13H2,1-2H3,(H,21,22)/t16-,17-,19+/m0/s1. The highest BCUT2D eigenvalue weighted by Crippen LogP contribution is 2.43. The number of ether oxygens (including phenoxy) is 3. The summed E-state index contributed by atoms with van der Waals surface area (Å²) in [5, 5.41) is 8.66. The summed E-state index contributed by atoms with van der Waals surface area (Å²) in [7, 11) is 3.62. The van der Waals surface area contributed by atoms with Gasteiger partial charge in [-0.2, -0.15) is 0 Å². The first-order chi connectivity index (χ1) is 12.1. The van der Waals surface area contributed by atoms with Gasteiger partial charge in [0, 0.05) is 33.4 Å². The Morgan fingerprint density at radius 1 is 1.28 bits per heavy atom. The zero-order valence-corrected chi connectivity index (χ0v) is 14.9. The number of aliphatic carboxylic acids is 1. The maximum absolute atomic E-state index is 10.6. The normalized spacial score (nSPS) is 29.4. The lowest BCUT2D eigenvalue weighted by Crippen LogP contribution is -2.51. The lowest BCUT2D eigenvalue weighted by Gasteiger charge is -2.43. The number of hydrogen-bond donors (Lipinski definition) is 1. The molecule has 0 radical (unpaired) electrons. The zero-order valence-electron chi connectivity index (χ0n) is 14.9. The molecule has 3 atom stereocenters. The number of hydrogen-bond acceptors (Lipinski definition) is 5. The number of carboxylic acid groups (broad SMARTS) is 1. The Hall–Kier alpha value is -1.63. The van der Waals surface area contributed by atoms with Gasteiger partial charge in [0.2, 0.25) is 0 Å². The molecule has 1 aromatic rings. The Labute approximate surface area is 148 Å². The van der Waals surface area contributed by atoms with Crippen LogP contribution in [0.25, 0.3) is 0 Å². The predicted molar refractivity (Wildman–Crippen MR) is 92.8 cm³/mol. The van der Waals surface area contributed by atoms with E-state index >= 15 is 0 Å². The Morgan fingerprint density at radius 2 is 2.04 bits per heavy atom. The lowest BCUT2D eigenvalue weighted by molar-refractivity contribution is -0.139. The molecule has 6 nitrogen and oxygen atoms in total. The minimum Gasteiger partial charge on any atom is -0.482 e. The van der Waals surface area contributed by atoms with Crippen molar-refractivity contribution in [1.82, 2.24) is 4.90 Å². The van der Waals surface area contributed by atoms with Gasteiger partial charge >= 0.3 is 5.97 Å². The molecule has 2 fully saturated rings. The Bertz CT molecular complexity index is 590. The summed E-state index contributed by atoms with van der Waals surface area (Å²) in [6.07, 6.45) is 4.48. The molecule has 1 heterocycles. The van der Waals surface area contributed by atoms with Crippen LogP contribution in [0, 0.1) is 0 Å². The van der Waals surface area contributed by atoms with E-state index in [9.17, 15) is 4.79 Å². The second-order valence-electron chi connectivity index (χ2n) is 6.96. The molecular formula is C19H27NO5. The van der Waals surface area contributed by atoms with Crippen molar-refractivity contribution in [3.8, 4) is 5.75 Å². The predicted octanol–water partition coefficient (Wildman–Crippen LogP) is 2.31. The summed E-state index contributed by atoms with van der Waals surface area (Å²) in [6.45, 7) is 1.56. The molecule has 3 rings (SSSR count). The highest BCUT2D eigenvalue weighted by molar-refractivity contribution is 5.68. The van der Waals surface area contributed by atoms with Crippen LogP contribution in [-0.2, 0) is 20.8 Å². The van der Waals surface area contributed by atoms with Gasteiger partial charge in [0.25, 0.3) is 0 Å². The van der Waals surface area contributed by atoms with Gasteiger partial charge in [-0.25, -0.2) is 4.79 Å². The van der Waals surface area contributed by atoms with Gasteiger partial charge in [-0.05, 0) is 43.4 Å². The lowest BCUT2D eigenvalue weighted by atomic mass is 9.79. The maximum atomic E-state index is 10.6.